The van der Waals surface area contributed by atoms with Crippen LogP contribution in [0.15, 0.2) is 72.8 Å². The van der Waals surface area contributed by atoms with Crippen molar-refractivity contribution in [2.45, 2.75) is 63.8 Å². The number of carbonyl (C=O) groups excluding carboxylic acids is 5. The largest absolute Gasteiger partial charge is 0.451 e. The second-order valence-electron chi connectivity index (χ2n) is 10.3. The normalized spacial score (nSPS) is 18.3. The summed E-state index contributed by atoms with van der Waals surface area (Å²) in [6.45, 7) is 3.11. The SMILES string of the molecule is CO[C@H](C(=O)N1C(=O)O[C@H](c2ccccc2)[C@@H]1C)[C@H](OC(C)=O)C(=O)C=CC(=O)CCCOC[C@@H](CO)OCc1ccccc1. The van der Waals surface area contributed by atoms with Gasteiger partial charge in [0, 0.05) is 27.1 Å². The van der Waals surface area contributed by atoms with Crippen molar-refractivity contribution in [3.63, 3.8) is 0 Å². The lowest BCUT2D eigenvalue weighted by Gasteiger charge is -2.27. The average molecular weight is 626 g/mol. The Bertz CT molecular complexity index is 1310. The van der Waals surface area contributed by atoms with Crippen molar-refractivity contribution in [3.8, 4) is 0 Å². The van der Waals surface area contributed by atoms with Crippen molar-refractivity contribution in [2.75, 3.05) is 26.9 Å². The molecule has 3 rings (SSSR count). The number of cyclic esters (lactones) is 1. The lowest BCUT2D eigenvalue weighted by Crippen LogP contribution is -2.52. The van der Waals surface area contributed by atoms with Gasteiger partial charge in [-0.3, -0.25) is 19.2 Å². The maximum absolute atomic E-state index is 13.5. The molecule has 1 aliphatic rings. The van der Waals surface area contributed by atoms with Gasteiger partial charge in [-0.25, -0.2) is 9.69 Å². The molecule has 5 atom stereocenters. The van der Waals surface area contributed by atoms with Crippen LogP contribution in [0.25, 0.3) is 0 Å². The van der Waals surface area contributed by atoms with Gasteiger partial charge < -0.3 is 28.8 Å². The Hall–Kier alpha value is -4.23. The molecule has 0 saturated carbocycles. The first-order chi connectivity index (χ1) is 21.7. The molecule has 12 nitrogen and oxygen atoms in total. The molecule has 1 heterocycles. The molecule has 2 aromatic carbocycles. The molecule has 45 heavy (non-hydrogen) atoms. The van der Waals surface area contributed by atoms with E-state index in [1.165, 1.54) is 0 Å². The fraction of sp³-hybridized carbons (Fsp3) is 0.424. The van der Waals surface area contributed by atoms with Crippen molar-refractivity contribution in [3.05, 3.63) is 83.9 Å². The maximum Gasteiger partial charge on any atom is 0.417 e. The van der Waals surface area contributed by atoms with Gasteiger partial charge in [-0.15, -0.1) is 0 Å². The number of aliphatic hydroxyl groups excluding tert-OH is 1. The van der Waals surface area contributed by atoms with Crippen molar-refractivity contribution < 1.29 is 52.8 Å². The minimum atomic E-state index is -1.76. The smallest absolute Gasteiger partial charge is 0.417 e. The molecule has 0 aliphatic carbocycles. The number of carbonyl (C=O) groups is 5. The van der Waals surface area contributed by atoms with Gasteiger partial charge in [0.15, 0.2) is 23.8 Å². The lowest BCUT2D eigenvalue weighted by molar-refractivity contribution is -0.166. The van der Waals surface area contributed by atoms with Crippen molar-refractivity contribution in [1.29, 1.82) is 0 Å². The molecule has 1 N–H and O–H groups in total. The van der Waals surface area contributed by atoms with Gasteiger partial charge in [0.2, 0.25) is 0 Å². The highest BCUT2D eigenvalue weighted by atomic mass is 16.6. The predicted molar refractivity (Wildman–Crippen MR) is 160 cm³/mol. The van der Waals surface area contributed by atoms with Crippen LogP contribution in [-0.2, 0) is 49.5 Å². The van der Waals surface area contributed by atoms with Crippen LogP contribution in [0.4, 0.5) is 4.79 Å². The van der Waals surface area contributed by atoms with E-state index in [4.69, 9.17) is 23.7 Å². The minimum Gasteiger partial charge on any atom is -0.451 e. The molecule has 1 aliphatic heterocycles. The second kappa shape index (κ2) is 17.9. The first kappa shape index (κ1) is 35.3. The van der Waals surface area contributed by atoms with E-state index in [1.54, 1.807) is 37.3 Å². The summed E-state index contributed by atoms with van der Waals surface area (Å²) >= 11 is 0. The van der Waals surface area contributed by atoms with Gasteiger partial charge in [0.05, 0.1) is 25.9 Å². The van der Waals surface area contributed by atoms with Crippen LogP contribution in [0, 0.1) is 0 Å². The maximum atomic E-state index is 13.5. The fourth-order valence-corrected chi connectivity index (χ4v) is 4.64. The molecule has 0 unspecified atom stereocenters. The van der Waals surface area contributed by atoms with E-state index in [-0.39, 0.29) is 26.2 Å². The summed E-state index contributed by atoms with van der Waals surface area (Å²) in [7, 11) is 1.13. The topological polar surface area (TPSA) is 155 Å². The van der Waals surface area contributed by atoms with E-state index >= 15 is 0 Å². The summed E-state index contributed by atoms with van der Waals surface area (Å²) < 4.78 is 27.0. The highest BCUT2D eigenvalue weighted by molar-refractivity contribution is 6.05. The molecule has 1 fully saturated rings. The van der Waals surface area contributed by atoms with Crippen molar-refractivity contribution in [1.82, 2.24) is 4.90 Å². The van der Waals surface area contributed by atoms with E-state index in [2.05, 4.69) is 0 Å². The summed E-state index contributed by atoms with van der Waals surface area (Å²) in [5, 5.41) is 9.52. The Morgan fingerprint density at radius 2 is 1.67 bits per heavy atom. The number of hydrogen-bond acceptors (Lipinski definition) is 11. The Balaban J connectivity index is 1.52. The molecule has 242 valence electrons. The Morgan fingerprint density at radius 3 is 2.29 bits per heavy atom. The number of allylic oxidation sites excluding steroid dienone is 1. The standard InChI is InChI=1S/C33H39NO11/c1-22-29(25-13-8-5-9-14-25)45-33(40)34(22)32(39)31(41-3)30(44-23(2)36)28(38)17-16-26(37)15-10-18-42-21-27(19-35)43-20-24-11-6-4-7-12-24/h4-9,11-14,16-17,22,27,29-31,35H,10,15,18-21H2,1-3H3/t22-,27+,29-,30+,31-/m0/s1. The number of rotatable bonds is 18. The molecule has 2 amide bonds. The van der Waals surface area contributed by atoms with Crippen LogP contribution >= 0.6 is 0 Å². The van der Waals surface area contributed by atoms with E-state index < -0.39 is 60.0 Å². The van der Waals surface area contributed by atoms with Gasteiger partial charge >= 0.3 is 12.1 Å². The molecular weight excluding hydrogens is 586 g/mol. The van der Waals surface area contributed by atoms with E-state index in [1.807, 2.05) is 30.3 Å². The zero-order valence-corrected chi connectivity index (χ0v) is 25.5. The van der Waals surface area contributed by atoms with Gasteiger partial charge in [-0.1, -0.05) is 60.7 Å². The first-order valence-electron chi connectivity index (χ1n) is 14.5. The van der Waals surface area contributed by atoms with Crippen molar-refractivity contribution >= 4 is 29.5 Å². The zero-order chi connectivity index (χ0) is 32.8. The van der Waals surface area contributed by atoms with E-state index in [0.29, 0.717) is 18.6 Å². The monoisotopic (exact) mass is 625 g/mol. The number of esters is 1. The number of nitrogens with zero attached hydrogens (tertiary/aromatic N) is 1. The van der Waals surface area contributed by atoms with Crippen molar-refractivity contribution in [2.24, 2.45) is 0 Å². The molecule has 0 radical (unpaired) electrons. The van der Waals surface area contributed by atoms with Crippen LogP contribution in [0.5, 0.6) is 0 Å². The van der Waals surface area contributed by atoms with Gasteiger partial charge in [0.25, 0.3) is 5.91 Å². The van der Waals surface area contributed by atoms with E-state index in [9.17, 15) is 29.1 Å². The van der Waals surface area contributed by atoms with Crippen LogP contribution in [0.2, 0.25) is 0 Å². The summed E-state index contributed by atoms with van der Waals surface area (Å²) in [6.07, 6.45) is -3.33. The Labute approximate surface area is 261 Å². The summed E-state index contributed by atoms with van der Waals surface area (Å²) in [6, 6.07) is 17.6. The number of ether oxygens (including phenoxy) is 5. The molecular formula is C33H39NO11. The number of benzene rings is 2. The summed E-state index contributed by atoms with van der Waals surface area (Å²) in [5.74, 6) is -3.08. The molecule has 0 aromatic heterocycles. The van der Waals surface area contributed by atoms with E-state index in [0.717, 1.165) is 36.6 Å². The highest BCUT2D eigenvalue weighted by Gasteiger charge is 2.48. The molecule has 2 aromatic rings. The Kier molecular flexibility index (Phi) is 14.0. The highest BCUT2D eigenvalue weighted by Crippen LogP contribution is 2.33. The summed E-state index contributed by atoms with van der Waals surface area (Å²) in [4.78, 5) is 64.3. The van der Waals surface area contributed by atoms with Crippen LogP contribution < -0.4 is 0 Å². The second-order valence-corrected chi connectivity index (χ2v) is 10.3. The number of ketones is 2. The number of aliphatic hydroxyl groups is 1. The van der Waals surface area contributed by atoms with Gasteiger partial charge in [-0.05, 0) is 36.6 Å². The van der Waals surface area contributed by atoms with Gasteiger partial charge in [0.1, 0.15) is 12.2 Å². The lowest BCUT2D eigenvalue weighted by atomic mass is 10.0. The summed E-state index contributed by atoms with van der Waals surface area (Å²) in [5.41, 5.74) is 1.64. The number of imide groups is 1. The fourth-order valence-electron chi connectivity index (χ4n) is 4.64. The third-order valence-corrected chi connectivity index (χ3v) is 6.96. The molecule has 0 spiro atoms. The van der Waals surface area contributed by atoms with Crippen LogP contribution in [0.1, 0.15) is 43.9 Å². The van der Waals surface area contributed by atoms with Crippen LogP contribution in [-0.4, -0.2) is 90.8 Å². The minimum absolute atomic E-state index is 0.0430. The first-order valence-corrected chi connectivity index (χ1v) is 14.5. The third kappa shape index (κ3) is 10.4. The average Bonchev–Trinajstić information content (AvgIpc) is 3.34. The quantitative estimate of drug-likeness (QED) is 0.148. The number of methoxy groups -OCH3 is 1. The third-order valence-electron chi connectivity index (χ3n) is 6.96. The number of hydrogen-bond donors (Lipinski definition) is 1. The molecule has 0 bridgehead atoms. The molecule has 1 saturated heterocycles. The van der Waals surface area contributed by atoms with Gasteiger partial charge in [-0.2, -0.15) is 0 Å². The Morgan fingerprint density at radius 1 is 1.00 bits per heavy atom. The number of amides is 2. The zero-order valence-electron chi connectivity index (χ0n) is 25.5. The predicted octanol–water partition coefficient (Wildman–Crippen LogP) is 3.11. The molecule has 12 heteroatoms. The van der Waals surface area contributed by atoms with Crippen LogP contribution in [0.3, 0.4) is 0 Å².